The van der Waals surface area contributed by atoms with Gasteiger partial charge >= 0.3 is 5.97 Å². The second-order valence-electron chi connectivity index (χ2n) is 2.06. The molecule has 0 spiro atoms. The van der Waals surface area contributed by atoms with Crippen LogP contribution in [0.5, 0.6) is 0 Å². The fourth-order valence-electron chi connectivity index (χ4n) is 0.696. The predicted octanol–water partition coefficient (Wildman–Crippen LogP) is 1.91. The zero-order valence-corrected chi connectivity index (χ0v) is 8.57. The van der Waals surface area contributed by atoms with E-state index in [4.69, 9.17) is 28.3 Å². The highest BCUT2D eigenvalue weighted by molar-refractivity contribution is 7.79. The van der Waals surface area contributed by atoms with E-state index in [-0.39, 0.29) is 21.6 Å². The molecule has 0 amide bonds. The van der Waals surface area contributed by atoms with Crippen molar-refractivity contribution < 1.29 is 9.90 Å². The standard InChI is InChI=1S/C6H4Cl2N2O2S/c7-4-3(6(11)12)5(8)10-2(1-13)9-4/h13H,1H2,(H,11,12). The number of carboxylic acids is 1. The Morgan fingerprint density at radius 2 is 1.85 bits per heavy atom. The minimum Gasteiger partial charge on any atom is -0.477 e. The normalized spacial score (nSPS) is 10.1. The maximum atomic E-state index is 10.6. The van der Waals surface area contributed by atoms with E-state index in [1.54, 1.807) is 0 Å². The molecule has 70 valence electrons. The first-order chi connectivity index (χ1) is 6.06. The van der Waals surface area contributed by atoms with Gasteiger partial charge < -0.3 is 5.11 Å². The molecule has 1 N–H and O–H groups in total. The van der Waals surface area contributed by atoms with Crippen LogP contribution in [0.1, 0.15) is 16.2 Å². The molecule has 13 heavy (non-hydrogen) atoms. The zero-order valence-electron chi connectivity index (χ0n) is 6.16. The predicted molar refractivity (Wildman–Crippen MR) is 51.7 cm³/mol. The quantitative estimate of drug-likeness (QED) is 0.611. The number of hydrogen-bond donors (Lipinski definition) is 2. The van der Waals surface area contributed by atoms with Crippen LogP contribution in [-0.2, 0) is 5.75 Å². The van der Waals surface area contributed by atoms with Gasteiger partial charge in [-0.25, -0.2) is 14.8 Å². The molecule has 0 saturated heterocycles. The highest BCUT2D eigenvalue weighted by atomic mass is 35.5. The van der Waals surface area contributed by atoms with Gasteiger partial charge in [0.2, 0.25) is 0 Å². The van der Waals surface area contributed by atoms with Gasteiger partial charge in [-0.1, -0.05) is 23.2 Å². The molecule has 1 aromatic heterocycles. The highest BCUT2D eigenvalue weighted by Crippen LogP contribution is 2.21. The molecule has 0 unspecified atom stereocenters. The first kappa shape index (κ1) is 10.6. The van der Waals surface area contributed by atoms with Crippen LogP contribution in [0.2, 0.25) is 10.3 Å². The molecule has 1 rings (SSSR count). The summed E-state index contributed by atoms with van der Waals surface area (Å²) in [6.45, 7) is 0. The summed E-state index contributed by atoms with van der Waals surface area (Å²) >= 11 is 15.0. The van der Waals surface area contributed by atoms with Crippen LogP contribution in [0.25, 0.3) is 0 Å². The zero-order chi connectivity index (χ0) is 10.0. The van der Waals surface area contributed by atoms with Crippen LogP contribution in [0.3, 0.4) is 0 Å². The summed E-state index contributed by atoms with van der Waals surface area (Å²) in [5.74, 6) is -0.705. The van der Waals surface area contributed by atoms with Crippen LogP contribution in [0.4, 0.5) is 0 Å². The fraction of sp³-hybridized carbons (Fsp3) is 0.167. The average Bonchev–Trinajstić information content (AvgIpc) is 2.02. The summed E-state index contributed by atoms with van der Waals surface area (Å²) in [5.41, 5.74) is -0.283. The third kappa shape index (κ3) is 2.24. The average molecular weight is 239 g/mol. The van der Waals surface area contributed by atoms with Crippen LogP contribution in [0, 0.1) is 0 Å². The van der Waals surface area contributed by atoms with Crippen molar-refractivity contribution in [2.45, 2.75) is 5.75 Å². The van der Waals surface area contributed by atoms with Crippen molar-refractivity contribution in [3.05, 3.63) is 21.7 Å². The number of nitrogens with zero attached hydrogens (tertiary/aromatic N) is 2. The van der Waals surface area contributed by atoms with Crippen molar-refractivity contribution in [2.75, 3.05) is 0 Å². The lowest BCUT2D eigenvalue weighted by molar-refractivity contribution is 0.0696. The lowest BCUT2D eigenvalue weighted by atomic mass is 10.3. The van der Waals surface area contributed by atoms with Crippen molar-refractivity contribution in [1.82, 2.24) is 9.97 Å². The van der Waals surface area contributed by atoms with Crippen LogP contribution in [-0.4, -0.2) is 21.0 Å². The number of rotatable bonds is 2. The van der Waals surface area contributed by atoms with Crippen molar-refractivity contribution >= 4 is 41.8 Å². The molecule has 4 nitrogen and oxygen atoms in total. The molecule has 0 atom stereocenters. The Morgan fingerprint density at radius 1 is 1.38 bits per heavy atom. The number of carbonyl (C=O) groups is 1. The van der Waals surface area contributed by atoms with E-state index in [1.165, 1.54) is 0 Å². The van der Waals surface area contributed by atoms with Crippen LogP contribution >= 0.6 is 35.8 Å². The number of thiol groups is 1. The second kappa shape index (κ2) is 4.13. The molecule has 1 heterocycles. The number of aromatic carboxylic acids is 1. The monoisotopic (exact) mass is 238 g/mol. The summed E-state index contributed by atoms with van der Waals surface area (Å²) in [4.78, 5) is 17.9. The van der Waals surface area contributed by atoms with E-state index in [9.17, 15) is 4.79 Å². The van der Waals surface area contributed by atoms with Crippen molar-refractivity contribution in [3.63, 3.8) is 0 Å². The van der Waals surface area contributed by atoms with Crippen molar-refractivity contribution in [3.8, 4) is 0 Å². The van der Waals surface area contributed by atoms with Gasteiger partial charge in [-0.2, -0.15) is 12.6 Å². The SMILES string of the molecule is O=C(O)c1c(Cl)nc(CS)nc1Cl. The van der Waals surface area contributed by atoms with E-state index < -0.39 is 5.97 Å². The van der Waals surface area contributed by atoms with Crippen LogP contribution in [0.15, 0.2) is 0 Å². The molecule has 1 aromatic rings. The third-order valence-corrected chi connectivity index (χ3v) is 2.05. The van der Waals surface area contributed by atoms with Gasteiger partial charge in [0, 0.05) is 0 Å². The summed E-state index contributed by atoms with van der Waals surface area (Å²) in [6.07, 6.45) is 0. The van der Waals surface area contributed by atoms with E-state index in [2.05, 4.69) is 22.6 Å². The van der Waals surface area contributed by atoms with Gasteiger partial charge in [-0.15, -0.1) is 0 Å². The smallest absolute Gasteiger partial charge is 0.342 e. The van der Waals surface area contributed by atoms with E-state index in [0.717, 1.165) is 0 Å². The van der Waals surface area contributed by atoms with Gasteiger partial charge in [-0.3, -0.25) is 0 Å². The first-order valence-corrected chi connectivity index (χ1v) is 4.51. The maximum Gasteiger partial charge on any atom is 0.342 e. The summed E-state index contributed by atoms with van der Waals surface area (Å²) in [7, 11) is 0. The van der Waals surface area contributed by atoms with Crippen molar-refractivity contribution in [2.24, 2.45) is 0 Å². The highest BCUT2D eigenvalue weighted by Gasteiger charge is 2.17. The summed E-state index contributed by atoms with van der Waals surface area (Å²) in [5, 5.41) is 8.30. The van der Waals surface area contributed by atoms with Gasteiger partial charge in [0.25, 0.3) is 0 Å². The molecule has 0 aromatic carbocycles. The lowest BCUT2D eigenvalue weighted by Crippen LogP contribution is -2.04. The third-order valence-electron chi connectivity index (χ3n) is 1.22. The summed E-state index contributed by atoms with van der Waals surface area (Å²) < 4.78 is 0. The van der Waals surface area contributed by atoms with Gasteiger partial charge in [0.05, 0.1) is 5.75 Å². The molecule has 0 radical (unpaired) electrons. The molecular formula is C6H4Cl2N2O2S. The molecule has 7 heteroatoms. The Kier molecular flexibility index (Phi) is 3.35. The Hall–Kier alpha value is -0.520. The minimum atomic E-state index is -1.25. The van der Waals surface area contributed by atoms with E-state index >= 15 is 0 Å². The van der Waals surface area contributed by atoms with E-state index in [1.807, 2.05) is 0 Å². The number of carboxylic acid groups (broad SMARTS) is 1. The molecule has 0 fully saturated rings. The molecule has 0 aliphatic rings. The Morgan fingerprint density at radius 3 is 2.15 bits per heavy atom. The van der Waals surface area contributed by atoms with Gasteiger partial charge in [0.15, 0.2) is 0 Å². The van der Waals surface area contributed by atoms with Gasteiger partial charge in [0.1, 0.15) is 21.7 Å². The lowest BCUT2D eigenvalue weighted by Gasteiger charge is -2.01. The van der Waals surface area contributed by atoms with Gasteiger partial charge in [-0.05, 0) is 0 Å². The Bertz CT molecular complexity index is 335. The molecule has 0 saturated carbocycles. The van der Waals surface area contributed by atoms with Crippen molar-refractivity contribution in [1.29, 1.82) is 0 Å². The Balaban J connectivity index is 3.31. The maximum absolute atomic E-state index is 10.6. The first-order valence-electron chi connectivity index (χ1n) is 3.12. The Labute approximate surface area is 89.3 Å². The topological polar surface area (TPSA) is 63.1 Å². The fourth-order valence-corrected chi connectivity index (χ4v) is 1.42. The van der Waals surface area contributed by atoms with Crippen LogP contribution < -0.4 is 0 Å². The van der Waals surface area contributed by atoms with E-state index in [0.29, 0.717) is 5.82 Å². The number of aromatic nitrogens is 2. The minimum absolute atomic E-state index is 0.170. The molecule has 0 aliphatic heterocycles. The molecule has 0 aliphatic carbocycles. The largest absolute Gasteiger partial charge is 0.477 e. The molecule has 0 bridgehead atoms. The summed E-state index contributed by atoms with van der Waals surface area (Å²) in [6, 6.07) is 0. The molecular weight excluding hydrogens is 235 g/mol. The number of hydrogen-bond acceptors (Lipinski definition) is 4. The second-order valence-corrected chi connectivity index (χ2v) is 3.09. The number of halogens is 2.